The summed E-state index contributed by atoms with van der Waals surface area (Å²) in [4.78, 5) is 6.81. The van der Waals surface area contributed by atoms with Crippen LogP contribution in [0.3, 0.4) is 0 Å². The van der Waals surface area contributed by atoms with Gasteiger partial charge in [-0.3, -0.25) is 9.88 Å². The largest absolute Gasteiger partial charge is 0.326 e. The van der Waals surface area contributed by atoms with Crippen molar-refractivity contribution in [3.05, 3.63) is 30.1 Å². The van der Waals surface area contributed by atoms with Gasteiger partial charge < -0.3 is 5.73 Å². The van der Waals surface area contributed by atoms with Gasteiger partial charge in [0.25, 0.3) is 0 Å². The third-order valence-corrected chi connectivity index (χ3v) is 5.05. The average Bonchev–Trinajstić information content (AvgIpc) is 2.39. The van der Waals surface area contributed by atoms with Gasteiger partial charge in [0.2, 0.25) is 0 Å². The highest BCUT2D eigenvalue weighted by atomic mass is 32.2. The molecule has 1 fully saturated rings. The van der Waals surface area contributed by atoms with Gasteiger partial charge in [-0.15, -0.1) is 0 Å². The molecule has 1 aromatic rings. The van der Waals surface area contributed by atoms with Crippen molar-refractivity contribution in [2.45, 2.75) is 44.0 Å². The number of pyridine rings is 1. The molecule has 1 aliphatic heterocycles. The lowest BCUT2D eigenvalue weighted by Gasteiger charge is -2.43. The Kier molecular flexibility index (Phi) is 4.87. The summed E-state index contributed by atoms with van der Waals surface area (Å²) in [6, 6.07) is 4.62. The fraction of sp³-hybridized carbons (Fsp3) is 0.667. The maximum atomic E-state index is 6.39. The zero-order valence-electron chi connectivity index (χ0n) is 12.2. The Labute approximate surface area is 121 Å². The number of thioether (sulfide) groups is 1. The van der Waals surface area contributed by atoms with Crippen LogP contribution >= 0.6 is 11.8 Å². The molecule has 0 aromatic carbocycles. The minimum atomic E-state index is 0.170. The van der Waals surface area contributed by atoms with E-state index in [1.807, 2.05) is 18.5 Å². The van der Waals surface area contributed by atoms with Crippen LogP contribution in [0, 0.1) is 0 Å². The first-order valence-electron chi connectivity index (χ1n) is 7.07. The van der Waals surface area contributed by atoms with E-state index in [2.05, 4.69) is 48.5 Å². The molecular formula is C15H25N3S. The predicted molar refractivity (Wildman–Crippen MR) is 83.4 cm³/mol. The minimum Gasteiger partial charge on any atom is -0.326 e. The van der Waals surface area contributed by atoms with Crippen LogP contribution < -0.4 is 5.73 Å². The Morgan fingerprint density at radius 2 is 2.32 bits per heavy atom. The van der Waals surface area contributed by atoms with Gasteiger partial charge in [-0.1, -0.05) is 13.0 Å². The number of nitrogens with zero attached hydrogens (tertiary/aromatic N) is 2. The van der Waals surface area contributed by atoms with Crippen LogP contribution in [-0.2, 0) is 0 Å². The Morgan fingerprint density at radius 1 is 1.53 bits per heavy atom. The lowest BCUT2D eigenvalue weighted by molar-refractivity contribution is 0.161. The molecule has 3 nitrogen and oxygen atoms in total. The molecule has 0 radical (unpaired) electrons. The van der Waals surface area contributed by atoms with Crippen LogP contribution in [0.1, 0.15) is 38.8 Å². The first-order valence-corrected chi connectivity index (χ1v) is 8.05. The summed E-state index contributed by atoms with van der Waals surface area (Å²) >= 11 is 2.06. The zero-order chi connectivity index (χ0) is 13.9. The second-order valence-corrected chi connectivity index (χ2v) is 7.68. The summed E-state index contributed by atoms with van der Waals surface area (Å²) in [5.41, 5.74) is 7.64. The second kappa shape index (κ2) is 6.25. The second-order valence-electron chi connectivity index (χ2n) is 5.88. The molecular weight excluding hydrogens is 254 g/mol. The van der Waals surface area contributed by atoms with E-state index in [4.69, 9.17) is 5.73 Å². The molecule has 106 valence electrons. The van der Waals surface area contributed by atoms with E-state index in [1.54, 1.807) is 0 Å². The van der Waals surface area contributed by atoms with Crippen LogP contribution in [0.15, 0.2) is 24.5 Å². The Hall–Kier alpha value is -0.580. The quantitative estimate of drug-likeness (QED) is 0.920. The van der Waals surface area contributed by atoms with Crippen molar-refractivity contribution in [1.82, 2.24) is 9.88 Å². The van der Waals surface area contributed by atoms with Crippen LogP contribution in [0.2, 0.25) is 0 Å². The number of rotatable bonds is 4. The van der Waals surface area contributed by atoms with Gasteiger partial charge in [-0.25, -0.2) is 0 Å². The molecule has 1 aromatic heterocycles. The van der Waals surface area contributed by atoms with Crippen molar-refractivity contribution >= 4 is 11.8 Å². The summed E-state index contributed by atoms with van der Waals surface area (Å²) in [5, 5.41) is 0. The van der Waals surface area contributed by atoms with E-state index in [1.165, 1.54) is 11.3 Å². The first kappa shape index (κ1) is 14.8. The highest BCUT2D eigenvalue weighted by Crippen LogP contribution is 2.35. The third-order valence-electron chi connectivity index (χ3n) is 3.75. The maximum Gasteiger partial charge on any atom is 0.0515 e. The van der Waals surface area contributed by atoms with Crippen molar-refractivity contribution < 1.29 is 0 Å². The van der Waals surface area contributed by atoms with Crippen LogP contribution in [0.5, 0.6) is 0 Å². The predicted octanol–water partition coefficient (Wildman–Crippen LogP) is 2.69. The van der Waals surface area contributed by atoms with Gasteiger partial charge in [0, 0.05) is 42.0 Å². The van der Waals surface area contributed by atoms with E-state index in [9.17, 15) is 0 Å². The summed E-state index contributed by atoms with van der Waals surface area (Å²) in [6.07, 6.45) is 4.78. The van der Waals surface area contributed by atoms with Crippen molar-refractivity contribution in [2.24, 2.45) is 5.73 Å². The SMILES string of the molecule is CCC(N)C(c1cccnc1)N1CCSC(C)(C)C1. The van der Waals surface area contributed by atoms with Gasteiger partial charge in [0.05, 0.1) is 6.04 Å². The molecule has 2 atom stereocenters. The molecule has 0 saturated carbocycles. The van der Waals surface area contributed by atoms with E-state index >= 15 is 0 Å². The molecule has 0 aliphatic carbocycles. The average molecular weight is 279 g/mol. The fourth-order valence-corrected chi connectivity index (χ4v) is 3.93. The lowest BCUT2D eigenvalue weighted by Crippen LogP contribution is -2.49. The van der Waals surface area contributed by atoms with Crippen molar-refractivity contribution in [3.63, 3.8) is 0 Å². The highest BCUT2D eigenvalue weighted by Gasteiger charge is 2.34. The van der Waals surface area contributed by atoms with Crippen LogP contribution in [0.25, 0.3) is 0 Å². The van der Waals surface area contributed by atoms with Gasteiger partial charge in [0.15, 0.2) is 0 Å². The van der Waals surface area contributed by atoms with Crippen molar-refractivity contribution in [2.75, 3.05) is 18.8 Å². The smallest absolute Gasteiger partial charge is 0.0515 e. The minimum absolute atomic E-state index is 0.170. The molecule has 0 bridgehead atoms. The van der Waals surface area contributed by atoms with E-state index in [0.29, 0.717) is 10.8 Å². The zero-order valence-corrected chi connectivity index (χ0v) is 13.0. The molecule has 4 heteroatoms. The summed E-state index contributed by atoms with van der Waals surface area (Å²) in [6.45, 7) is 9.01. The number of aromatic nitrogens is 1. The molecule has 0 amide bonds. The standard InChI is InChI=1S/C15H25N3S/c1-4-13(16)14(12-6-5-7-17-10-12)18-8-9-19-15(2,3)11-18/h5-7,10,13-14H,4,8-9,11,16H2,1-3H3. The highest BCUT2D eigenvalue weighted by molar-refractivity contribution is 8.00. The number of hydrogen-bond acceptors (Lipinski definition) is 4. The molecule has 19 heavy (non-hydrogen) atoms. The van der Waals surface area contributed by atoms with Crippen LogP contribution in [-0.4, -0.2) is 39.5 Å². The van der Waals surface area contributed by atoms with Gasteiger partial charge in [-0.05, 0) is 31.9 Å². The van der Waals surface area contributed by atoms with E-state index < -0.39 is 0 Å². The Morgan fingerprint density at radius 3 is 2.89 bits per heavy atom. The molecule has 2 heterocycles. The van der Waals surface area contributed by atoms with Crippen LogP contribution in [0.4, 0.5) is 0 Å². The molecule has 0 spiro atoms. The first-order chi connectivity index (χ1) is 9.03. The summed E-state index contributed by atoms with van der Waals surface area (Å²) in [5.74, 6) is 1.18. The third kappa shape index (κ3) is 3.71. The van der Waals surface area contributed by atoms with Gasteiger partial charge in [0.1, 0.15) is 0 Å². The van der Waals surface area contributed by atoms with Crippen molar-refractivity contribution in [1.29, 1.82) is 0 Å². The number of hydrogen-bond donors (Lipinski definition) is 1. The van der Waals surface area contributed by atoms with E-state index in [-0.39, 0.29) is 6.04 Å². The van der Waals surface area contributed by atoms with Crippen molar-refractivity contribution in [3.8, 4) is 0 Å². The Bertz CT molecular complexity index is 394. The molecule has 1 saturated heterocycles. The van der Waals surface area contributed by atoms with Gasteiger partial charge >= 0.3 is 0 Å². The fourth-order valence-electron chi connectivity index (χ4n) is 2.79. The molecule has 2 N–H and O–H groups in total. The molecule has 2 unspecified atom stereocenters. The normalized spacial score (nSPS) is 22.9. The van der Waals surface area contributed by atoms with E-state index in [0.717, 1.165) is 19.5 Å². The summed E-state index contributed by atoms with van der Waals surface area (Å²) in [7, 11) is 0. The summed E-state index contributed by atoms with van der Waals surface area (Å²) < 4.78 is 0.312. The number of nitrogens with two attached hydrogens (primary N) is 1. The molecule has 1 aliphatic rings. The topological polar surface area (TPSA) is 42.1 Å². The maximum absolute atomic E-state index is 6.39. The monoisotopic (exact) mass is 279 g/mol. The molecule has 2 rings (SSSR count). The van der Waals surface area contributed by atoms with Gasteiger partial charge in [-0.2, -0.15) is 11.8 Å². The lowest BCUT2D eigenvalue weighted by atomic mass is 9.96. The Balaban J connectivity index is 2.23.